The molecule has 11 atom stereocenters. The highest BCUT2D eigenvalue weighted by atomic mass is 16.6. The topological polar surface area (TPSA) is 52.6 Å². The smallest absolute Gasteiger partial charge is 0.333 e. The van der Waals surface area contributed by atoms with E-state index in [0.29, 0.717) is 11.5 Å². The minimum absolute atomic E-state index is 0.153. The van der Waals surface area contributed by atoms with Crippen LogP contribution < -0.4 is 0 Å². The largest absolute Gasteiger partial charge is 0.460 e. The Balaban J connectivity index is 0.000000222. The van der Waals surface area contributed by atoms with E-state index < -0.39 is 0 Å². The standard InChI is InChI=1S/C21H28O2.C6H12O2/c1-9(2)21(22)23-16-7-12-6-13(16)20-15-8-14(19(12)20)17-10-3-4-11(5-10)18(15)17;1-5(7)8-6(2,3)4/h10-20H,1,3-8H2,2H3;1-4H3. The first-order chi connectivity index (χ1) is 14.5. The summed E-state index contributed by atoms with van der Waals surface area (Å²) in [6.07, 6.45) is 8.87. The first kappa shape index (κ1) is 21.5. The van der Waals surface area contributed by atoms with E-state index in [1.807, 2.05) is 20.8 Å². The van der Waals surface area contributed by atoms with E-state index in [1.54, 1.807) is 19.8 Å². The van der Waals surface area contributed by atoms with Crippen molar-refractivity contribution >= 4 is 11.9 Å². The van der Waals surface area contributed by atoms with Crippen LogP contribution in [0.2, 0.25) is 0 Å². The van der Waals surface area contributed by atoms with Crippen molar-refractivity contribution in [1.82, 2.24) is 0 Å². The molecule has 11 unspecified atom stereocenters. The molecule has 31 heavy (non-hydrogen) atoms. The van der Waals surface area contributed by atoms with Crippen molar-refractivity contribution in [2.24, 2.45) is 59.2 Å². The lowest BCUT2D eigenvalue weighted by molar-refractivity contribution is -0.152. The van der Waals surface area contributed by atoms with Gasteiger partial charge in [-0.05, 0) is 125 Å². The molecule has 6 fully saturated rings. The SMILES string of the molecule is C=C(C)C(=O)OC1CC2CC1C1C3CC(C4C5CCC(C5)C34)C21.CC(=O)OC(C)(C)C. The zero-order valence-corrected chi connectivity index (χ0v) is 19.9. The van der Waals surface area contributed by atoms with Crippen LogP contribution in [-0.4, -0.2) is 23.6 Å². The Kier molecular flexibility index (Phi) is 5.10. The van der Waals surface area contributed by atoms with Crippen LogP contribution in [-0.2, 0) is 19.1 Å². The summed E-state index contributed by atoms with van der Waals surface area (Å²) in [5.74, 6) is 9.46. The quantitative estimate of drug-likeness (QED) is 0.335. The molecule has 172 valence electrons. The third-order valence-electron chi connectivity index (χ3n) is 9.70. The Hall–Kier alpha value is -1.32. The highest BCUT2D eigenvalue weighted by molar-refractivity contribution is 5.87. The van der Waals surface area contributed by atoms with Gasteiger partial charge in [-0.3, -0.25) is 4.79 Å². The Labute approximate surface area is 187 Å². The van der Waals surface area contributed by atoms with Crippen molar-refractivity contribution in [3.05, 3.63) is 12.2 Å². The summed E-state index contributed by atoms with van der Waals surface area (Å²) in [4.78, 5) is 22.2. The lowest BCUT2D eigenvalue weighted by Crippen LogP contribution is -2.44. The Bertz CT molecular complexity index is 779. The first-order valence-corrected chi connectivity index (χ1v) is 12.6. The highest BCUT2D eigenvalue weighted by Crippen LogP contribution is 2.76. The maximum absolute atomic E-state index is 12.0. The van der Waals surface area contributed by atoms with E-state index in [2.05, 4.69) is 6.58 Å². The lowest BCUT2D eigenvalue weighted by atomic mass is 9.59. The summed E-state index contributed by atoms with van der Waals surface area (Å²) in [6.45, 7) is 12.5. The van der Waals surface area contributed by atoms with Gasteiger partial charge in [0.05, 0.1) is 0 Å². The van der Waals surface area contributed by atoms with Crippen molar-refractivity contribution in [1.29, 1.82) is 0 Å². The van der Waals surface area contributed by atoms with Gasteiger partial charge in [0.25, 0.3) is 0 Å². The average molecular weight is 429 g/mol. The third kappa shape index (κ3) is 3.47. The molecule has 0 saturated heterocycles. The van der Waals surface area contributed by atoms with Gasteiger partial charge in [-0.2, -0.15) is 0 Å². The molecule has 6 saturated carbocycles. The second kappa shape index (κ2) is 7.35. The van der Waals surface area contributed by atoms with Crippen molar-refractivity contribution in [3.8, 4) is 0 Å². The number of rotatable bonds is 2. The van der Waals surface area contributed by atoms with E-state index in [4.69, 9.17) is 9.47 Å². The van der Waals surface area contributed by atoms with Crippen molar-refractivity contribution in [3.63, 3.8) is 0 Å². The van der Waals surface area contributed by atoms with Gasteiger partial charge in [-0.25, -0.2) is 4.79 Å². The fourth-order valence-electron chi connectivity index (χ4n) is 9.54. The van der Waals surface area contributed by atoms with Gasteiger partial charge in [0, 0.05) is 12.5 Å². The predicted octanol–water partition coefficient (Wildman–Crippen LogP) is 5.41. The Morgan fingerprint density at radius 2 is 1.35 bits per heavy atom. The Morgan fingerprint density at radius 1 is 0.774 bits per heavy atom. The fourth-order valence-corrected chi connectivity index (χ4v) is 9.54. The molecule has 0 aromatic heterocycles. The zero-order chi connectivity index (χ0) is 22.2. The van der Waals surface area contributed by atoms with Gasteiger partial charge >= 0.3 is 11.9 Å². The lowest BCUT2D eigenvalue weighted by Gasteiger charge is -2.46. The zero-order valence-electron chi connectivity index (χ0n) is 19.9. The molecule has 6 bridgehead atoms. The van der Waals surface area contributed by atoms with Crippen LogP contribution in [0.25, 0.3) is 0 Å². The summed E-state index contributed by atoms with van der Waals surface area (Å²) >= 11 is 0. The maximum Gasteiger partial charge on any atom is 0.333 e. The summed E-state index contributed by atoms with van der Waals surface area (Å²) in [7, 11) is 0. The molecule has 4 heteroatoms. The number of carbonyl (C=O) groups excluding carboxylic acids is 2. The fraction of sp³-hybridized carbons (Fsp3) is 0.852. The van der Waals surface area contributed by atoms with E-state index in [1.165, 1.54) is 26.2 Å². The molecule has 0 aliphatic heterocycles. The van der Waals surface area contributed by atoms with Crippen molar-refractivity contribution < 1.29 is 19.1 Å². The van der Waals surface area contributed by atoms with Gasteiger partial charge in [0.2, 0.25) is 0 Å². The van der Waals surface area contributed by atoms with Gasteiger partial charge in [-0.15, -0.1) is 0 Å². The number of fused-ring (bicyclic) bond motifs is 16. The summed E-state index contributed by atoms with van der Waals surface area (Å²) in [6, 6.07) is 0. The molecule has 6 rings (SSSR count). The number of carbonyl (C=O) groups is 2. The Morgan fingerprint density at radius 3 is 1.87 bits per heavy atom. The minimum Gasteiger partial charge on any atom is -0.460 e. The van der Waals surface area contributed by atoms with Crippen LogP contribution in [0.1, 0.15) is 73.1 Å². The van der Waals surface area contributed by atoms with Crippen LogP contribution in [0.4, 0.5) is 0 Å². The molecule has 0 spiro atoms. The molecule has 0 radical (unpaired) electrons. The molecule has 0 aromatic rings. The van der Waals surface area contributed by atoms with E-state index in [0.717, 1.165) is 59.7 Å². The van der Waals surface area contributed by atoms with E-state index >= 15 is 0 Å². The van der Waals surface area contributed by atoms with E-state index in [9.17, 15) is 9.59 Å². The van der Waals surface area contributed by atoms with Crippen molar-refractivity contribution in [2.75, 3.05) is 0 Å². The number of esters is 2. The van der Waals surface area contributed by atoms with E-state index in [-0.39, 0.29) is 23.6 Å². The number of ether oxygens (including phenoxy) is 2. The minimum atomic E-state index is -0.328. The first-order valence-electron chi connectivity index (χ1n) is 12.6. The summed E-state index contributed by atoms with van der Waals surface area (Å²) < 4.78 is 10.7. The monoisotopic (exact) mass is 428 g/mol. The molecular formula is C27H40O4. The molecule has 4 nitrogen and oxygen atoms in total. The molecule has 6 aliphatic rings. The van der Waals surface area contributed by atoms with Gasteiger partial charge in [-0.1, -0.05) is 6.58 Å². The number of hydrogen-bond donors (Lipinski definition) is 0. The average Bonchev–Trinajstić information content (AvgIpc) is 3.43. The van der Waals surface area contributed by atoms with Crippen LogP contribution in [0.5, 0.6) is 0 Å². The second-order valence-corrected chi connectivity index (χ2v) is 12.5. The highest BCUT2D eigenvalue weighted by Gasteiger charge is 2.71. The third-order valence-corrected chi connectivity index (χ3v) is 9.70. The predicted molar refractivity (Wildman–Crippen MR) is 119 cm³/mol. The normalized spacial score (nSPS) is 47.5. The van der Waals surface area contributed by atoms with Gasteiger partial charge in [0.15, 0.2) is 0 Å². The van der Waals surface area contributed by atoms with Crippen LogP contribution in [0.3, 0.4) is 0 Å². The molecule has 0 heterocycles. The van der Waals surface area contributed by atoms with Crippen LogP contribution in [0, 0.1) is 59.2 Å². The summed E-state index contributed by atoms with van der Waals surface area (Å²) in [5, 5.41) is 0. The molecule has 6 aliphatic carbocycles. The van der Waals surface area contributed by atoms with Gasteiger partial charge < -0.3 is 9.47 Å². The van der Waals surface area contributed by atoms with Gasteiger partial charge in [0.1, 0.15) is 11.7 Å². The molecule has 0 amide bonds. The van der Waals surface area contributed by atoms with Crippen LogP contribution in [0.15, 0.2) is 12.2 Å². The molecular weight excluding hydrogens is 388 g/mol. The second-order valence-electron chi connectivity index (χ2n) is 12.5. The maximum atomic E-state index is 12.0. The molecule has 0 N–H and O–H groups in total. The summed E-state index contributed by atoms with van der Waals surface area (Å²) in [5.41, 5.74) is 0.233. The number of hydrogen-bond acceptors (Lipinski definition) is 4. The molecule has 0 aromatic carbocycles. The van der Waals surface area contributed by atoms with Crippen LogP contribution >= 0.6 is 0 Å². The van der Waals surface area contributed by atoms with Crippen molar-refractivity contribution in [2.45, 2.75) is 84.8 Å².